The predicted molar refractivity (Wildman–Crippen MR) is 122 cm³/mol. The maximum Gasteiger partial charge on any atom is 0.433 e. The van der Waals surface area contributed by atoms with Crippen LogP contribution in [-0.2, 0) is 12.6 Å². The molecule has 1 saturated carbocycles. The third kappa shape index (κ3) is 3.36. The number of hydrogen-bond acceptors (Lipinski definition) is 5. The maximum atomic E-state index is 13.5. The summed E-state index contributed by atoms with van der Waals surface area (Å²) in [5.74, 6) is 7.96. The van der Waals surface area contributed by atoms with Gasteiger partial charge in [-0.05, 0) is 69.4 Å². The Morgan fingerprint density at radius 1 is 1.06 bits per heavy atom. The zero-order chi connectivity index (χ0) is 23.7. The third-order valence-electron chi connectivity index (χ3n) is 6.64. The lowest BCUT2D eigenvalue weighted by Crippen LogP contribution is -2.26. The number of hydrogen-bond donors (Lipinski definition) is 0. The summed E-state index contributed by atoms with van der Waals surface area (Å²) in [5, 5.41) is 8.62. The summed E-state index contributed by atoms with van der Waals surface area (Å²) in [6, 6.07) is 8.47. The Balaban J connectivity index is 1.56. The molecule has 1 fully saturated rings. The van der Waals surface area contributed by atoms with E-state index in [4.69, 9.17) is 4.98 Å². The van der Waals surface area contributed by atoms with Gasteiger partial charge in [0.15, 0.2) is 5.65 Å². The Hall–Kier alpha value is -3.67. The minimum atomic E-state index is -4.56. The highest BCUT2D eigenvalue weighted by atomic mass is 19.4. The average molecular weight is 462 g/mol. The molecular weight excluding hydrogens is 441 g/mol. The van der Waals surface area contributed by atoms with Crippen molar-refractivity contribution >= 4 is 28.3 Å². The van der Waals surface area contributed by atoms with Gasteiger partial charge in [-0.15, -0.1) is 10.2 Å². The maximum absolute atomic E-state index is 13.5. The molecule has 0 atom stereocenters. The molecule has 0 spiro atoms. The zero-order valence-electron chi connectivity index (χ0n) is 18.7. The van der Waals surface area contributed by atoms with E-state index >= 15 is 0 Å². The summed E-state index contributed by atoms with van der Waals surface area (Å²) >= 11 is 0. The van der Waals surface area contributed by atoms with Crippen LogP contribution in [0.2, 0.25) is 0 Å². The molecule has 1 aliphatic heterocycles. The fourth-order valence-electron chi connectivity index (χ4n) is 4.48. The number of benzene rings is 1. The minimum Gasteiger partial charge on any atom is -0.325 e. The van der Waals surface area contributed by atoms with E-state index in [1.54, 1.807) is 6.92 Å². The molecule has 0 amide bonds. The minimum absolute atomic E-state index is 0.118. The predicted octanol–water partition coefficient (Wildman–Crippen LogP) is 5.24. The molecule has 3 aromatic heterocycles. The number of fused-ring (bicyclic) bond motifs is 4. The van der Waals surface area contributed by atoms with E-state index < -0.39 is 11.9 Å². The molecule has 9 heteroatoms. The second-order valence-corrected chi connectivity index (χ2v) is 9.25. The van der Waals surface area contributed by atoms with E-state index in [0.717, 1.165) is 48.6 Å². The van der Waals surface area contributed by atoms with Gasteiger partial charge in [0, 0.05) is 23.2 Å². The molecular formula is C25H21F3N6. The van der Waals surface area contributed by atoms with E-state index in [1.807, 2.05) is 23.1 Å². The standard InChI is InChI=1S/C25H21F3N6/c1-15-31-32-23-30-21(18-8-9-20(25(26,27)28)29-22(18)34(15)23)33-14-4-6-17-16(5-3-7-19(17)33)10-11-24(2)12-13-24/h3,5,7-9H,4,6,12-14H2,1-2H3. The van der Waals surface area contributed by atoms with Gasteiger partial charge >= 0.3 is 6.18 Å². The molecule has 2 aliphatic rings. The van der Waals surface area contributed by atoms with Crippen LogP contribution >= 0.6 is 0 Å². The Morgan fingerprint density at radius 2 is 1.88 bits per heavy atom. The van der Waals surface area contributed by atoms with Crippen LogP contribution in [0.25, 0.3) is 16.8 Å². The van der Waals surface area contributed by atoms with Crippen LogP contribution < -0.4 is 4.90 Å². The summed E-state index contributed by atoms with van der Waals surface area (Å²) in [5.41, 5.74) is 2.40. The van der Waals surface area contributed by atoms with E-state index in [0.29, 0.717) is 23.6 Å². The summed E-state index contributed by atoms with van der Waals surface area (Å²) in [4.78, 5) is 10.7. The first kappa shape index (κ1) is 20.9. The number of aromatic nitrogens is 5. The normalized spacial score (nSPS) is 16.9. The average Bonchev–Trinajstić information content (AvgIpc) is 3.44. The summed E-state index contributed by atoms with van der Waals surface area (Å²) in [6.45, 7) is 4.52. The number of nitrogens with zero attached hydrogens (tertiary/aromatic N) is 6. The van der Waals surface area contributed by atoms with Gasteiger partial charge in [0.1, 0.15) is 17.3 Å². The first-order chi connectivity index (χ1) is 16.2. The Kier molecular flexibility index (Phi) is 4.40. The fourth-order valence-corrected chi connectivity index (χ4v) is 4.48. The van der Waals surface area contributed by atoms with Gasteiger partial charge in [0.05, 0.1) is 5.39 Å². The second-order valence-electron chi connectivity index (χ2n) is 9.25. The van der Waals surface area contributed by atoms with Crippen LogP contribution in [0.1, 0.15) is 48.8 Å². The number of alkyl halides is 3. The van der Waals surface area contributed by atoms with Gasteiger partial charge < -0.3 is 4.90 Å². The molecule has 172 valence electrons. The molecule has 1 aliphatic carbocycles. The van der Waals surface area contributed by atoms with Crippen molar-refractivity contribution in [1.29, 1.82) is 0 Å². The third-order valence-corrected chi connectivity index (χ3v) is 6.64. The van der Waals surface area contributed by atoms with Crippen LogP contribution in [0.3, 0.4) is 0 Å². The molecule has 4 heterocycles. The Bertz CT molecular complexity index is 1520. The lowest BCUT2D eigenvalue weighted by molar-refractivity contribution is -0.141. The van der Waals surface area contributed by atoms with Crippen molar-refractivity contribution in [3.63, 3.8) is 0 Å². The number of aryl methyl sites for hydroxylation is 1. The molecule has 6 nitrogen and oxygen atoms in total. The molecule has 0 unspecified atom stereocenters. The summed E-state index contributed by atoms with van der Waals surface area (Å²) < 4.78 is 41.8. The van der Waals surface area contributed by atoms with E-state index in [1.165, 1.54) is 10.5 Å². The number of rotatable bonds is 1. The number of pyridine rings is 1. The number of anilines is 2. The second kappa shape index (κ2) is 7.16. The fraction of sp³-hybridized carbons (Fsp3) is 0.360. The highest BCUT2D eigenvalue weighted by Crippen LogP contribution is 2.44. The largest absolute Gasteiger partial charge is 0.433 e. The van der Waals surface area contributed by atoms with E-state index in [2.05, 4.69) is 33.9 Å². The van der Waals surface area contributed by atoms with Crippen molar-refractivity contribution in [1.82, 2.24) is 24.6 Å². The smallest absolute Gasteiger partial charge is 0.325 e. The van der Waals surface area contributed by atoms with Crippen LogP contribution in [0.5, 0.6) is 0 Å². The van der Waals surface area contributed by atoms with Crippen LogP contribution in [0, 0.1) is 24.2 Å². The molecule has 0 bridgehead atoms. The molecule has 0 N–H and O–H groups in total. The lowest BCUT2D eigenvalue weighted by atomic mass is 9.95. The molecule has 0 saturated heterocycles. The van der Waals surface area contributed by atoms with Crippen molar-refractivity contribution in [2.75, 3.05) is 11.4 Å². The number of halogens is 3. The lowest BCUT2D eigenvalue weighted by Gasteiger charge is -2.31. The SMILES string of the molecule is Cc1nnc2nc(N3CCCc4c(C#CC5(C)CC5)cccc43)c3ccc(C(F)(F)F)nc3n12. The van der Waals surface area contributed by atoms with Crippen LogP contribution in [0.15, 0.2) is 30.3 Å². The summed E-state index contributed by atoms with van der Waals surface area (Å²) in [7, 11) is 0. The van der Waals surface area contributed by atoms with Gasteiger partial charge in [-0.25, -0.2) is 9.38 Å². The molecule has 1 aromatic carbocycles. The molecule has 0 radical (unpaired) electrons. The van der Waals surface area contributed by atoms with Crippen molar-refractivity contribution in [2.45, 2.75) is 45.7 Å². The quantitative estimate of drug-likeness (QED) is 0.362. The first-order valence-corrected chi connectivity index (χ1v) is 11.3. The Labute approximate surface area is 193 Å². The van der Waals surface area contributed by atoms with Crippen molar-refractivity contribution in [3.8, 4) is 11.8 Å². The van der Waals surface area contributed by atoms with E-state index in [9.17, 15) is 13.2 Å². The zero-order valence-corrected chi connectivity index (χ0v) is 18.7. The topological polar surface area (TPSA) is 59.2 Å². The highest BCUT2D eigenvalue weighted by Gasteiger charge is 2.35. The van der Waals surface area contributed by atoms with E-state index in [-0.39, 0.29) is 16.8 Å². The Morgan fingerprint density at radius 3 is 2.65 bits per heavy atom. The van der Waals surface area contributed by atoms with Gasteiger partial charge in [0.2, 0.25) is 0 Å². The molecule has 4 aromatic rings. The van der Waals surface area contributed by atoms with Gasteiger partial charge in [-0.3, -0.25) is 0 Å². The summed E-state index contributed by atoms with van der Waals surface area (Å²) in [6.07, 6.45) is -0.552. The van der Waals surface area contributed by atoms with Gasteiger partial charge in [-0.1, -0.05) is 17.9 Å². The van der Waals surface area contributed by atoms with Crippen molar-refractivity contribution < 1.29 is 13.2 Å². The van der Waals surface area contributed by atoms with Crippen LogP contribution in [-0.4, -0.2) is 31.1 Å². The molecule has 34 heavy (non-hydrogen) atoms. The van der Waals surface area contributed by atoms with Gasteiger partial charge in [-0.2, -0.15) is 18.2 Å². The first-order valence-electron chi connectivity index (χ1n) is 11.3. The van der Waals surface area contributed by atoms with Crippen molar-refractivity contribution in [2.24, 2.45) is 5.41 Å². The van der Waals surface area contributed by atoms with Crippen LogP contribution in [0.4, 0.5) is 24.7 Å². The highest BCUT2D eigenvalue weighted by molar-refractivity contribution is 5.92. The van der Waals surface area contributed by atoms with Crippen molar-refractivity contribution in [3.05, 3.63) is 53.0 Å². The van der Waals surface area contributed by atoms with Gasteiger partial charge in [0.25, 0.3) is 5.78 Å². The molecule has 6 rings (SSSR count). The monoisotopic (exact) mass is 462 g/mol.